The number of aliphatic hydroxyl groups excluding tert-OH is 2. The minimum atomic E-state index is -0.815. The molecule has 1 aromatic carbocycles. The van der Waals surface area contributed by atoms with Gasteiger partial charge in [-0.15, -0.1) is 0 Å². The van der Waals surface area contributed by atoms with E-state index in [1.54, 1.807) is 12.1 Å². The van der Waals surface area contributed by atoms with Gasteiger partial charge in [0.25, 0.3) is 0 Å². The smallest absolute Gasteiger partial charge is 0.161 e. The van der Waals surface area contributed by atoms with Crippen molar-refractivity contribution in [3.8, 4) is 11.5 Å². The van der Waals surface area contributed by atoms with Gasteiger partial charge in [-0.1, -0.05) is 12.1 Å². The van der Waals surface area contributed by atoms with Gasteiger partial charge in [0.15, 0.2) is 11.5 Å². The van der Waals surface area contributed by atoms with Gasteiger partial charge in [-0.2, -0.15) is 0 Å². The second-order valence-corrected chi connectivity index (χ2v) is 3.25. The fourth-order valence-corrected chi connectivity index (χ4v) is 1.16. The average molecular weight is 213 g/mol. The van der Waals surface area contributed by atoms with E-state index < -0.39 is 6.10 Å². The van der Waals surface area contributed by atoms with E-state index in [1.807, 2.05) is 0 Å². The number of hydrogen-bond acceptors (Lipinski definition) is 5. The van der Waals surface area contributed by atoms with Crippen molar-refractivity contribution in [2.24, 2.45) is 0 Å². The van der Waals surface area contributed by atoms with E-state index in [1.165, 1.54) is 6.07 Å². The van der Waals surface area contributed by atoms with Crippen LogP contribution in [0.5, 0.6) is 11.5 Å². The summed E-state index contributed by atoms with van der Waals surface area (Å²) in [6.07, 6.45) is -0.815. The Morgan fingerprint density at radius 2 is 2.00 bits per heavy atom. The Kier molecular flexibility index (Phi) is 4.36. The largest absolute Gasteiger partial charge is 0.504 e. The van der Waals surface area contributed by atoms with Crippen molar-refractivity contribution in [2.75, 3.05) is 13.2 Å². The van der Waals surface area contributed by atoms with E-state index in [0.29, 0.717) is 12.1 Å². The predicted octanol–water partition coefficient (Wildman–Crippen LogP) is -0.459. The van der Waals surface area contributed by atoms with Crippen molar-refractivity contribution < 1.29 is 20.4 Å². The molecule has 1 rings (SSSR count). The minimum Gasteiger partial charge on any atom is -0.504 e. The summed E-state index contributed by atoms with van der Waals surface area (Å²) in [7, 11) is 0. The van der Waals surface area contributed by atoms with Crippen LogP contribution in [0.2, 0.25) is 0 Å². The lowest BCUT2D eigenvalue weighted by Gasteiger charge is -2.10. The van der Waals surface area contributed by atoms with Crippen LogP contribution in [-0.4, -0.2) is 39.7 Å². The number of hydrogen-bond donors (Lipinski definition) is 5. The molecular weight excluding hydrogens is 198 g/mol. The van der Waals surface area contributed by atoms with Crippen molar-refractivity contribution in [3.05, 3.63) is 23.8 Å². The molecule has 0 aliphatic carbocycles. The molecule has 0 spiro atoms. The standard InChI is InChI=1S/C10H15NO4/c12-6-8(13)5-11-4-7-2-1-3-9(14)10(7)15/h1-3,8,11-15H,4-6H2/t8-/m1/s1. The molecule has 5 nitrogen and oxygen atoms in total. The second kappa shape index (κ2) is 5.55. The summed E-state index contributed by atoms with van der Waals surface area (Å²) in [5.41, 5.74) is 0.542. The molecule has 0 saturated heterocycles. The number of phenols is 2. The molecule has 0 bridgehead atoms. The first kappa shape index (κ1) is 11.8. The van der Waals surface area contributed by atoms with Crippen LogP contribution in [0.15, 0.2) is 18.2 Å². The van der Waals surface area contributed by atoms with Gasteiger partial charge < -0.3 is 25.7 Å². The van der Waals surface area contributed by atoms with Crippen molar-refractivity contribution in [2.45, 2.75) is 12.6 Å². The number of phenolic OH excluding ortho intramolecular Hbond substituents is 2. The molecule has 5 N–H and O–H groups in total. The van der Waals surface area contributed by atoms with Crippen LogP contribution in [0.1, 0.15) is 5.56 Å². The van der Waals surface area contributed by atoms with Gasteiger partial charge in [-0.3, -0.25) is 0 Å². The van der Waals surface area contributed by atoms with Crippen LogP contribution < -0.4 is 5.32 Å². The lowest BCUT2D eigenvalue weighted by atomic mass is 10.2. The highest BCUT2D eigenvalue weighted by Gasteiger charge is 2.06. The quantitative estimate of drug-likeness (QED) is 0.427. The summed E-state index contributed by atoms with van der Waals surface area (Å²) in [6.45, 7) is 0.238. The molecule has 1 atom stereocenters. The number of aromatic hydroxyl groups is 2. The molecule has 84 valence electrons. The molecule has 0 aromatic heterocycles. The van der Waals surface area contributed by atoms with Crippen LogP contribution in [0.4, 0.5) is 0 Å². The molecule has 0 radical (unpaired) electrons. The molecule has 0 heterocycles. The zero-order valence-electron chi connectivity index (χ0n) is 8.22. The van der Waals surface area contributed by atoms with Gasteiger partial charge in [-0.25, -0.2) is 0 Å². The highest BCUT2D eigenvalue weighted by molar-refractivity contribution is 5.44. The number of benzene rings is 1. The van der Waals surface area contributed by atoms with Crippen molar-refractivity contribution in [1.29, 1.82) is 0 Å². The number of aliphatic hydroxyl groups is 2. The number of nitrogens with one attached hydrogen (secondary N) is 1. The first-order valence-electron chi connectivity index (χ1n) is 4.64. The first-order chi connectivity index (χ1) is 7.15. The van der Waals surface area contributed by atoms with Crippen LogP contribution in [-0.2, 0) is 6.54 Å². The predicted molar refractivity (Wildman–Crippen MR) is 54.6 cm³/mol. The molecule has 5 heteroatoms. The van der Waals surface area contributed by atoms with Gasteiger partial charge in [0.05, 0.1) is 12.7 Å². The molecule has 0 fully saturated rings. The van der Waals surface area contributed by atoms with E-state index in [0.717, 1.165) is 0 Å². The van der Waals surface area contributed by atoms with Crippen LogP contribution >= 0.6 is 0 Å². The molecule has 0 aliphatic rings. The Labute approximate surface area is 87.6 Å². The summed E-state index contributed by atoms with van der Waals surface area (Å²) in [5, 5.41) is 39.0. The second-order valence-electron chi connectivity index (χ2n) is 3.25. The Morgan fingerprint density at radius 1 is 1.27 bits per heavy atom. The lowest BCUT2D eigenvalue weighted by Crippen LogP contribution is -2.28. The summed E-state index contributed by atoms with van der Waals surface area (Å²) in [5.74, 6) is -0.333. The molecule has 15 heavy (non-hydrogen) atoms. The maximum atomic E-state index is 9.42. The zero-order chi connectivity index (χ0) is 11.3. The molecule has 0 aliphatic heterocycles. The third-order valence-corrected chi connectivity index (χ3v) is 2.00. The summed E-state index contributed by atoms with van der Waals surface area (Å²) < 4.78 is 0. The Hall–Kier alpha value is -1.30. The Morgan fingerprint density at radius 3 is 2.67 bits per heavy atom. The summed E-state index contributed by atoms with van der Waals surface area (Å²) in [4.78, 5) is 0. The molecular formula is C10H15NO4. The van der Waals surface area contributed by atoms with Gasteiger partial charge in [0.2, 0.25) is 0 Å². The highest BCUT2D eigenvalue weighted by atomic mass is 16.3. The van der Waals surface area contributed by atoms with E-state index in [4.69, 9.17) is 10.2 Å². The molecule has 0 saturated carbocycles. The zero-order valence-corrected chi connectivity index (χ0v) is 8.22. The summed E-state index contributed by atoms with van der Waals surface area (Å²) in [6, 6.07) is 4.67. The topological polar surface area (TPSA) is 93.0 Å². The number of para-hydroxylation sites is 1. The number of rotatable bonds is 5. The maximum absolute atomic E-state index is 9.42. The van der Waals surface area contributed by atoms with Crippen LogP contribution in [0.25, 0.3) is 0 Å². The van der Waals surface area contributed by atoms with E-state index in [-0.39, 0.29) is 24.7 Å². The lowest BCUT2D eigenvalue weighted by molar-refractivity contribution is 0.0942. The maximum Gasteiger partial charge on any atom is 0.161 e. The third-order valence-electron chi connectivity index (χ3n) is 2.00. The third kappa shape index (κ3) is 3.39. The highest BCUT2D eigenvalue weighted by Crippen LogP contribution is 2.27. The first-order valence-corrected chi connectivity index (χ1v) is 4.64. The van der Waals surface area contributed by atoms with Gasteiger partial charge in [0, 0.05) is 18.7 Å². The van der Waals surface area contributed by atoms with E-state index in [2.05, 4.69) is 5.32 Å². The Balaban J connectivity index is 2.47. The van der Waals surface area contributed by atoms with Crippen molar-refractivity contribution in [3.63, 3.8) is 0 Å². The van der Waals surface area contributed by atoms with Crippen LogP contribution in [0.3, 0.4) is 0 Å². The van der Waals surface area contributed by atoms with Crippen molar-refractivity contribution in [1.82, 2.24) is 5.32 Å². The molecule has 0 unspecified atom stereocenters. The molecule has 0 amide bonds. The summed E-state index contributed by atoms with van der Waals surface area (Å²) >= 11 is 0. The minimum absolute atomic E-state index is 0.163. The molecule has 1 aromatic rings. The SMILES string of the molecule is OC[C@H](O)CNCc1cccc(O)c1O. The van der Waals surface area contributed by atoms with Gasteiger partial charge in [-0.05, 0) is 6.07 Å². The van der Waals surface area contributed by atoms with Crippen molar-refractivity contribution >= 4 is 0 Å². The Bertz CT molecular complexity index is 316. The van der Waals surface area contributed by atoms with E-state index in [9.17, 15) is 10.2 Å². The average Bonchev–Trinajstić information content (AvgIpc) is 2.24. The fourth-order valence-electron chi connectivity index (χ4n) is 1.16. The van der Waals surface area contributed by atoms with Gasteiger partial charge >= 0.3 is 0 Å². The van der Waals surface area contributed by atoms with Gasteiger partial charge in [0.1, 0.15) is 0 Å². The fraction of sp³-hybridized carbons (Fsp3) is 0.400. The van der Waals surface area contributed by atoms with Crippen LogP contribution in [0, 0.1) is 0 Å². The monoisotopic (exact) mass is 213 g/mol. The normalized spacial score (nSPS) is 12.7. The van der Waals surface area contributed by atoms with E-state index >= 15 is 0 Å².